The molecule has 1 N–H and O–H groups in total. The van der Waals surface area contributed by atoms with E-state index in [9.17, 15) is 4.79 Å². The minimum absolute atomic E-state index is 0.0626. The van der Waals surface area contributed by atoms with Gasteiger partial charge in [-0.25, -0.2) is 0 Å². The smallest absolute Gasteiger partial charge is 0.261 e. The van der Waals surface area contributed by atoms with E-state index in [1.807, 2.05) is 50.2 Å². The fourth-order valence-electron chi connectivity index (χ4n) is 2.33. The van der Waals surface area contributed by atoms with Crippen molar-refractivity contribution >= 4 is 12.1 Å². The summed E-state index contributed by atoms with van der Waals surface area (Å²) in [6.45, 7) is 5.98. The Hall–Kier alpha value is -2.62. The van der Waals surface area contributed by atoms with Gasteiger partial charge in [0.2, 0.25) is 0 Å². The Morgan fingerprint density at radius 1 is 1.21 bits per heavy atom. The fourth-order valence-corrected chi connectivity index (χ4v) is 2.33. The van der Waals surface area contributed by atoms with Gasteiger partial charge in [-0.15, -0.1) is 0 Å². The molecule has 0 aliphatic heterocycles. The summed E-state index contributed by atoms with van der Waals surface area (Å²) < 4.78 is 0. The van der Waals surface area contributed by atoms with Crippen LogP contribution in [0.15, 0.2) is 53.7 Å². The summed E-state index contributed by atoms with van der Waals surface area (Å²) in [5.74, 6) is -0.191. The van der Waals surface area contributed by atoms with Crippen LogP contribution in [0.5, 0.6) is 0 Å². The molecule has 4 nitrogen and oxygen atoms in total. The van der Waals surface area contributed by atoms with Crippen LogP contribution in [0.1, 0.15) is 42.1 Å². The lowest BCUT2D eigenvalue weighted by Gasteiger charge is -2.14. The molecule has 0 aliphatic carbocycles. The van der Waals surface area contributed by atoms with Gasteiger partial charge in [0.05, 0.1) is 12.3 Å². The standard InChI is InChI=1S/C20H24N2O2/c1-4-17-9-11-18(12-10-17)16(3)22-20(23)14-24-21-13-19-8-6-5-7-15(19)2/h5-13,16H,4,14H2,1-3H3,(H,22,23)/b21-13-/t16-/m0/s1. The Kier molecular flexibility index (Phi) is 6.55. The van der Waals surface area contributed by atoms with E-state index in [0.717, 1.165) is 23.1 Å². The SMILES string of the molecule is CCc1ccc([C@H](C)NC(=O)CO/N=C\c2ccccc2C)cc1. The molecule has 4 heteroatoms. The highest BCUT2D eigenvalue weighted by molar-refractivity contribution is 5.81. The van der Waals surface area contributed by atoms with Crippen LogP contribution in [0.2, 0.25) is 0 Å². The lowest BCUT2D eigenvalue weighted by molar-refractivity contribution is -0.126. The van der Waals surface area contributed by atoms with Crippen molar-refractivity contribution in [3.63, 3.8) is 0 Å². The van der Waals surface area contributed by atoms with E-state index in [1.165, 1.54) is 5.56 Å². The average molecular weight is 324 g/mol. The number of aryl methyl sites for hydroxylation is 2. The zero-order chi connectivity index (χ0) is 17.4. The highest BCUT2D eigenvalue weighted by Crippen LogP contribution is 2.13. The summed E-state index contributed by atoms with van der Waals surface area (Å²) in [4.78, 5) is 17.0. The molecule has 0 saturated heterocycles. The first-order valence-corrected chi connectivity index (χ1v) is 8.19. The quantitative estimate of drug-likeness (QED) is 0.622. The molecule has 0 aromatic heterocycles. The van der Waals surface area contributed by atoms with E-state index < -0.39 is 0 Å². The molecule has 2 aromatic rings. The van der Waals surface area contributed by atoms with Crippen LogP contribution in [-0.2, 0) is 16.1 Å². The lowest BCUT2D eigenvalue weighted by atomic mass is 10.1. The summed E-state index contributed by atoms with van der Waals surface area (Å²) in [7, 11) is 0. The van der Waals surface area contributed by atoms with Crippen LogP contribution in [0, 0.1) is 6.92 Å². The second-order valence-electron chi connectivity index (χ2n) is 5.75. The molecule has 0 spiro atoms. The van der Waals surface area contributed by atoms with Crippen LogP contribution in [-0.4, -0.2) is 18.7 Å². The third kappa shape index (κ3) is 5.23. The topological polar surface area (TPSA) is 50.7 Å². The van der Waals surface area contributed by atoms with Crippen molar-refractivity contribution in [2.24, 2.45) is 5.16 Å². The number of hydrogen-bond donors (Lipinski definition) is 1. The second-order valence-corrected chi connectivity index (χ2v) is 5.75. The molecule has 0 bridgehead atoms. The first-order valence-electron chi connectivity index (χ1n) is 8.19. The zero-order valence-corrected chi connectivity index (χ0v) is 14.5. The second kappa shape index (κ2) is 8.87. The number of benzene rings is 2. The van der Waals surface area contributed by atoms with Crippen molar-refractivity contribution in [3.05, 3.63) is 70.8 Å². The largest absolute Gasteiger partial charge is 0.386 e. The van der Waals surface area contributed by atoms with Gasteiger partial charge in [0.1, 0.15) is 0 Å². The van der Waals surface area contributed by atoms with Gasteiger partial charge in [0.25, 0.3) is 5.91 Å². The number of carbonyl (C=O) groups is 1. The van der Waals surface area contributed by atoms with Gasteiger partial charge in [0.15, 0.2) is 6.61 Å². The van der Waals surface area contributed by atoms with Crippen molar-refractivity contribution in [2.75, 3.05) is 6.61 Å². The molecular formula is C20H24N2O2. The molecule has 2 aromatic carbocycles. The van der Waals surface area contributed by atoms with Gasteiger partial charge < -0.3 is 10.2 Å². The molecule has 0 unspecified atom stereocenters. The van der Waals surface area contributed by atoms with Crippen LogP contribution < -0.4 is 5.32 Å². The number of oxime groups is 1. The van der Waals surface area contributed by atoms with Crippen LogP contribution in [0.3, 0.4) is 0 Å². The molecule has 2 rings (SSSR count). The highest BCUT2D eigenvalue weighted by Gasteiger charge is 2.09. The Morgan fingerprint density at radius 3 is 2.58 bits per heavy atom. The van der Waals surface area contributed by atoms with E-state index in [1.54, 1.807) is 6.21 Å². The van der Waals surface area contributed by atoms with E-state index in [-0.39, 0.29) is 18.6 Å². The van der Waals surface area contributed by atoms with E-state index in [2.05, 4.69) is 29.5 Å². The highest BCUT2D eigenvalue weighted by atomic mass is 16.6. The normalized spacial score (nSPS) is 12.1. The van der Waals surface area contributed by atoms with E-state index in [4.69, 9.17) is 4.84 Å². The molecule has 126 valence electrons. The summed E-state index contributed by atoms with van der Waals surface area (Å²) in [5.41, 5.74) is 4.44. The molecule has 0 aliphatic rings. The fraction of sp³-hybridized carbons (Fsp3) is 0.300. The number of rotatable bonds is 7. The van der Waals surface area contributed by atoms with Crippen LogP contribution >= 0.6 is 0 Å². The van der Waals surface area contributed by atoms with Crippen molar-refractivity contribution in [3.8, 4) is 0 Å². The number of nitrogens with one attached hydrogen (secondary N) is 1. The molecule has 0 heterocycles. The number of nitrogens with zero attached hydrogens (tertiary/aromatic N) is 1. The number of hydrogen-bond acceptors (Lipinski definition) is 3. The monoisotopic (exact) mass is 324 g/mol. The first-order chi connectivity index (χ1) is 11.6. The van der Waals surface area contributed by atoms with Gasteiger partial charge in [-0.1, -0.05) is 60.6 Å². The van der Waals surface area contributed by atoms with Gasteiger partial charge in [0, 0.05) is 0 Å². The van der Waals surface area contributed by atoms with Gasteiger partial charge in [-0.3, -0.25) is 4.79 Å². The lowest BCUT2D eigenvalue weighted by Crippen LogP contribution is -2.29. The molecule has 0 saturated carbocycles. The van der Waals surface area contributed by atoms with Crippen molar-refractivity contribution in [1.29, 1.82) is 0 Å². The third-order valence-electron chi connectivity index (χ3n) is 3.92. The molecule has 24 heavy (non-hydrogen) atoms. The number of amides is 1. The summed E-state index contributed by atoms with van der Waals surface area (Å²) >= 11 is 0. The maximum absolute atomic E-state index is 11.9. The van der Waals surface area contributed by atoms with Crippen molar-refractivity contribution in [1.82, 2.24) is 5.32 Å². The van der Waals surface area contributed by atoms with Gasteiger partial charge in [-0.05, 0) is 42.5 Å². The van der Waals surface area contributed by atoms with Crippen LogP contribution in [0.25, 0.3) is 0 Å². The Labute approximate surface area is 143 Å². The molecule has 1 amide bonds. The molecular weight excluding hydrogens is 300 g/mol. The zero-order valence-electron chi connectivity index (χ0n) is 14.5. The Bertz CT molecular complexity index is 693. The molecule has 0 radical (unpaired) electrons. The minimum atomic E-state index is -0.191. The van der Waals surface area contributed by atoms with Crippen molar-refractivity contribution in [2.45, 2.75) is 33.2 Å². The van der Waals surface area contributed by atoms with Crippen LogP contribution in [0.4, 0.5) is 0 Å². The first kappa shape index (κ1) is 17.7. The molecule has 1 atom stereocenters. The summed E-state index contributed by atoms with van der Waals surface area (Å²) in [5, 5.41) is 6.77. The predicted octanol–water partition coefficient (Wildman–Crippen LogP) is 3.79. The van der Waals surface area contributed by atoms with Gasteiger partial charge in [-0.2, -0.15) is 0 Å². The van der Waals surface area contributed by atoms with Crippen molar-refractivity contribution < 1.29 is 9.63 Å². The Morgan fingerprint density at radius 2 is 1.92 bits per heavy atom. The van der Waals surface area contributed by atoms with E-state index in [0.29, 0.717) is 0 Å². The summed E-state index contributed by atoms with van der Waals surface area (Å²) in [6, 6.07) is 16.0. The minimum Gasteiger partial charge on any atom is -0.386 e. The maximum atomic E-state index is 11.9. The third-order valence-corrected chi connectivity index (χ3v) is 3.92. The summed E-state index contributed by atoms with van der Waals surface area (Å²) in [6.07, 6.45) is 2.63. The van der Waals surface area contributed by atoms with Gasteiger partial charge >= 0.3 is 0 Å². The molecule has 0 fully saturated rings. The maximum Gasteiger partial charge on any atom is 0.261 e. The average Bonchev–Trinajstić information content (AvgIpc) is 2.60. The number of carbonyl (C=O) groups excluding carboxylic acids is 1. The predicted molar refractivity (Wildman–Crippen MR) is 97.1 cm³/mol. The van der Waals surface area contributed by atoms with E-state index >= 15 is 0 Å². The Balaban J connectivity index is 1.79.